The van der Waals surface area contributed by atoms with Crippen LogP contribution in [0.2, 0.25) is 0 Å². The van der Waals surface area contributed by atoms with E-state index in [-0.39, 0.29) is 17.7 Å². The Morgan fingerprint density at radius 3 is 2.39 bits per heavy atom. The molecule has 0 N–H and O–H groups in total. The quantitative estimate of drug-likeness (QED) is 0.318. The number of hydrogen-bond donors (Lipinski definition) is 0. The molecule has 1 heterocycles. The van der Waals surface area contributed by atoms with E-state index in [1.165, 1.54) is 20.3 Å². The summed E-state index contributed by atoms with van der Waals surface area (Å²) >= 11 is 0. The van der Waals surface area contributed by atoms with E-state index in [2.05, 4.69) is 9.97 Å². The SMILES string of the molecule is CCC(CCOc1ccc(C(=O)/C=C/c2nc(C)c(C)nc2C)cc1OC)C(=O)OC. The molecule has 2 rings (SSSR count). The largest absolute Gasteiger partial charge is 0.493 e. The first kappa shape index (κ1) is 24.1. The first-order valence-electron chi connectivity index (χ1n) is 10.2. The van der Waals surface area contributed by atoms with Crippen molar-refractivity contribution < 1.29 is 23.8 Å². The van der Waals surface area contributed by atoms with Crippen molar-refractivity contribution in [3.05, 3.63) is 52.6 Å². The van der Waals surface area contributed by atoms with Crippen LogP contribution in [0.4, 0.5) is 0 Å². The zero-order valence-corrected chi connectivity index (χ0v) is 19.0. The summed E-state index contributed by atoms with van der Waals surface area (Å²) in [4.78, 5) is 33.2. The van der Waals surface area contributed by atoms with Gasteiger partial charge in [0.05, 0.1) is 49.5 Å². The number of aromatic nitrogens is 2. The summed E-state index contributed by atoms with van der Waals surface area (Å²) in [6.45, 7) is 7.92. The van der Waals surface area contributed by atoms with E-state index in [1.807, 2.05) is 27.7 Å². The molecule has 1 aromatic heterocycles. The fraction of sp³-hybridized carbons (Fsp3) is 0.417. The smallest absolute Gasteiger partial charge is 0.308 e. The molecule has 1 atom stereocenters. The van der Waals surface area contributed by atoms with Gasteiger partial charge in [0, 0.05) is 5.56 Å². The molecule has 0 amide bonds. The molecule has 0 spiro atoms. The first-order chi connectivity index (χ1) is 14.8. The van der Waals surface area contributed by atoms with Gasteiger partial charge >= 0.3 is 5.97 Å². The van der Waals surface area contributed by atoms with Crippen molar-refractivity contribution >= 4 is 17.8 Å². The number of rotatable bonds is 10. The second-order valence-electron chi connectivity index (χ2n) is 7.19. The van der Waals surface area contributed by atoms with Gasteiger partial charge in [-0.3, -0.25) is 14.6 Å². The van der Waals surface area contributed by atoms with Gasteiger partial charge in [0.1, 0.15) is 0 Å². The number of carbonyl (C=O) groups is 2. The minimum Gasteiger partial charge on any atom is -0.493 e. The van der Waals surface area contributed by atoms with Gasteiger partial charge in [0.15, 0.2) is 17.3 Å². The zero-order chi connectivity index (χ0) is 23.0. The van der Waals surface area contributed by atoms with Crippen LogP contribution in [0, 0.1) is 26.7 Å². The molecule has 0 saturated carbocycles. The number of aryl methyl sites for hydroxylation is 3. The van der Waals surface area contributed by atoms with Gasteiger partial charge in [0.25, 0.3) is 0 Å². The van der Waals surface area contributed by atoms with Gasteiger partial charge in [-0.1, -0.05) is 6.92 Å². The number of ether oxygens (including phenoxy) is 3. The van der Waals surface area contributed by atoms with E-state index in [9.17, 15) is 9.59 Å². The normalized spacial score (nSPS) is 11.9. The number of benzene rings is 1. The summed E-state index contributed by atoms with van der Waals surface area (Å²) in [5.74, 6) is 0.334. The summed E-state index contributed by atoms with van der Waals surface area (Å²) in [5, 5.41) is 0. The molecular weight excluding hydrogens is 396 g/mol. The second kappa shape index (κ2) is 11.2. The highest BCUT2D eigenvalue weighted by Crippen LogP contribution is 2.29. The maximum absolute atomic E-state index is 12.6. The fourth-order valence-corrected chi connectivity index (χ4v) is 3.05. The predicted octanol–water partition coefficient (Wildman–Crippen LogP) is 4.27. The van der Waals surface area contributed by atoms with E-state index in [0.717, 1.165) is 17.1 Å². The van der Waals surface area contributed by atoms with Crippen LogP contribution in [0.1, 0.15) is 52.9 Å². The lowest BCUT2D eigenvalue weighted by atomic mass is 10.0. The van der Waals surface area contributed by atoms with Crippen LogP contribution in [0.25, 0.3) is 6.08 Å². The molecule has 2 aromatic rings. The van der Waals surface area contributed by atoms with E-state index < -0.39 is 0 Å². The Labute approximate surface area is 183 Å². The molecule has 0 aliphatic rings. The Morgan fingerprint density at radius 2 is 1.74 bits per heavy atom. The maximum Gasteiger partial charge on any atom is 0.308 e. The van der Waals surface area contributed by atoms with Crippen molar-refractivity contribution in [2.75, 3.05) is 20.8 Å². The molecule has 7 heteroatoms. The van der Waals surface area contributed by atoms with Crippen molar-refractivity contribution in [2.45, 2.75) is 40.5 Å². The highest BCUT2D eigenvalue weighted by Gasteiger charge is 2.17. The van der Waals surface area contributed by atoms with Gasteiger partial charge in [-0.2, -0.15) is 0 Å². The minimum atomic E-state index is -0.241. The molecule has 1 unspecified atom stereocenters. The van der Waals surface area contributed by atoms with Crippen LogP contribution in [0.5, 0.6) is 11.5 Å². The molecule has 1 aromatic carbocycles. The Hall–Kier alpha value is -3.22. The van der Waals surface area contributed by atoms with Gasteiger partial charge in [-0.15, -0.1) is 0 Å². The number of hydrogen-bond acceptors (Lipinski definition) is 7. The second-order valence-corrected chi connectivity index (χ2v) is 7.19. The Bertz CT molecular complexity index is 969. The Balaban J connectivity index is 2.09. The van der Waals surface area contributed by atoms with E-state index in [4.69, 9.17) is 14.2 Å². The van der Waals surface area contributed by atoms with E-state index in [0.29, 0.717) is 42.2 Å². The molecule has 0 saturated heterocycles. The third kappa shape index (κ3) is 6.38. The summed E-state index contributed by atoms with van der Waals surface area (Å²) in [5.41, 5.74) is 3.61. The van der Waals surface area contributed by atoms with Gasteiger partial charge < -0.3 is 14.2 Å². The lowest BCUT2D eigenvalue weighted by Crippen LogP contribution is -2.18. The fourth-order valence-electron chi connectivity index (χ4n) is 3.05. The molecule has 0 aliphatic heterocycles. The average Bonchev–Trinajstić information content (AvgIpc) is 2.77. The number of ketones is 1. The lowest BCUT2D eigenvalue weighted by Gasteiger charge is -2.15. The Morgan fingerprint density at radius 1 is 1.03 bits per heavy atom. The van der Waals surface area contributed by atoms with Crippen LogP contribution in [0.15, 0.2) is 24.3 Å². The number of esters is 1. The van der Waals surface area contributed by atoms with Crippen LogP contribution in [-0.4, -0.2) is 42.5 Å². The highest BCUT2D eigenvalue weighted by atomic mass is 16.5. The highest BCUT2D eigenvalue weighted by molar-refractivity contribution is 6.07. The Kier molecular flexibility index (Phi) is 8.73. The monoisotopic (exact) mass is 426 g/mol. The van der Waals surface area contributed by atoms with Crippen molar-refractivity contribution in [1.29, 1.82) is 0 Å². The van der Waals surface area contributed by atoms with E-state index >= 15 is 0 Å². The number of nitrogens with zero attached hydrogens (tertiary/aromatic N) is 2. The van der Waals surface area contributed by atoms with Gasteiger partial charge in [-0.05, 0) is 64.0 Å². The predicted molar refractivity (Wildman–Crippen MR) is 119 cm³/mol. The first-order valence-corrected chi connectivity index (χ1v) is 10.2. The summed E-state index contributed by atoms with van der Waals surface area (Å²) in [6.07, 6.45) is 4.36. The topological polar surface area (TPSA) is 87.6 Å². The molecule has 7 nitrogen and oxygen atoms in total. The van der Waals surface area contributed by atoms with Crippen LogP contribution in [0.3, 0.4) is 0 Å². The van der Waals surface area contributed by atoms with Crippen LogP contribution in [-0.2, 0) is 9.53 Å². The van der Waals surface area contributed by atoms with Crippen LogP contribution >= 0.6 is 0 Å². The molecule has 0 radical (unpaired) electrons. The molecule has 166 valence electrons. The number of methoxy groups -OCH3 is 2. The number of allylic oxidation sites excluding steroid dienone is 1. The van der Waals surface area contributed by atoms with Crippen molar-refractivity contribution in [3.8, 4) is 11.5 Å². The molecular formula is C24H30N2O5. The van der Waals surface area contributed by atoms with Crippen molar-refractivity contribution in [1.82, 2.24) is 9.97 Å². The number of carbonyl (C=O) groups excluding carboxylic acids is 2. The standard InChI is InChI=1S/C24H30N2O5/c1-7-18(24(28)30-6)12-13-31-22-11-8-19(14-23(22)29-5)21(27)10-9-20-17(4)25-15(2)16(3)26-20/h8-11,14,18H,7,12-13H2,1-6H3/b10-9+. The third-order valence-electron chi connectivity index (χ3n) is 5.11. The molecule has 0 aliphatic carbocycles. The molecule has 0 bridgehead atoms. The summed E-state index contributed by atoms with van der Waals surface area (Å²) in [6, 6.07) is 5.01. The van der Waals surface area contributed by atoms with Crippen molar-refractivity contribution in [3.63, 3.8) is 0 Å². The molecule has 0 fully saturated rings. The van der Waals surface area contributed by atoms with Crippen molar-refractivity contribution in [2.24, 2.45) is 5.92 Å². The average molecular weight is 427 g/mol. The molecule has 31 heavy (non-hydrogen) atoms. The van der Waals surface area contributed by atoms with Crippen LogP contribution < -0.4 is 9.47 Å². The summed E-state index contributed by atoms with van der Waals surface area (Å²) < 4.78 is 16.0. The van der Waals surface area contributed by atoms with E-state index in [1.54, 1.807) is 24.3 Å². The van der Waals surface area contributed by atoms with Gasteiger partial charge in [-0.25, -0.2) is 4.98 Å². The zero-order valence-electron chi connectivity index (χ0n) is 19.0. The third-order valence-corrected chi connectivity index (χ3v) is 5.11. The lowest BCUT2D eigenvalue weighted by molar-refractivity contribution is -0.146. The van der Waals surface area contributed by atoms with Gasteiger partial charge in [0.2, 0.25) is 0 Å². The minimum absolute atomic E-state index is 0.180. The summed E-state index contributed by atoms with van der Waals surface area (Å²) in [7, 11) is 2.90. The maximum atomic E-state index is 12.6.